The Labute approximate surface area is 164 Å². The maximum absolute atomic E-state index is 13.0. The lowest BCUT2D eigenvalue weighted by molar-refractivity contribution is -0.136. The third-order valence-corrected chi connectivity index (χ3v) is 5.68. The number of fused-ring (bicyclic) bond motifs is 1. The van der Waals surface area contributed by atoms with Gasteiger partial charge in [0.2, 0.25) is 0 Å². The lowest BCUT2D eigenvalue weighted by Crippen LogP contribution is -2.32. The maximum atomic E-state index is 13.0. The number of aryl methyl sites for hydroxylation is 2. The second-order valence-electron chi connectivity index (χ2n) is 7.53. The Morgan fingerprint density at radius 2 is 1.75 bits per heavy atom. The summed E-state index contributed by atoms with van der Waals surface area (Å²) in [6, 6.07) is 13.8. The number of carboxylic acid groups (broad SMARTS) is 1. The van der Waals surface area contributed by atoms with E-state index in [0.29, 0.717) is 19.5 Å². The summed E-state index contributed by atoms with van der Waals surface area (Å²) in [6.45, 7) is 1.27. The molecule has 1 saturated heterocycles. The molecule has 0 saturated carbocycles. The van der Waals surface area contributed by atoms with Crippen LogP contribution in [0, 0.1) is 0 Å². The van der Waals surface area contributed by atoms with Crippen molar-refractivity contribution in [3.8, 4) is 0 Å². The molecule has 3 N–H and O–H groups in total. The quantitative estimate of drug-likeness (QED) is 0.833. The summed E-state index contributed by atoms with van der Waals surface area (Å²) in [7, 11) is 0. The molecule has 2 aliphatic rings. The summed E-state index contributed by atoms with van der Waals surface area (Å²) >= 11 is 0. The minimum absolute atomic E-state index is 0.0293. The molecule has 2 aromatic carbocycles. The van der Waals surface area contributed by atoms with Crippen molar-refractivity contribution < 1.29 is 14.7 Å². The standard InChI is InChI=1S/C22H25N3O3/c23-20-3-1-2-16-14-18(9-10-19(16)20)25-13-12-24(22(25)28)17-7-4-15(5-8-17)6-11-21(26)27/h4-5,7-10,14,20H,1-3,6,11-13,23H2,(H,26,27). The highest BCUT2D eigenvalue weighted by molar-refractivity contribution is 6.06. The highest BCUT2D eigenvalue weighted by Crippen LogP contribution is 2.33. The zero-order valence-corrected chi connectivity index (χ0v) is 15.8. The third-order valence-electron chi connectivity index (χ3n) is 5.68. The first-order valence-corrected chi connectivity index (χ1v) is 9.81. The van der Waals surface area contributed by atoms with Crippen molar-refractivity contribution in [1.82, 2.24) is 0 Å². The van der Waals surface area contributed by atoms with E-state index in [0.717, 1.165) is 36.2 Å². The Kier molecular flexibility index (Phi) is 5.05. The molecule has 1 aliphatic carbocycles. The van der Waals surface area contributed by atoms with Crippen molar-refractivity contribution in [2.45, 2.75) is 38.1 Å². The molecule has 0 spiro atoms. The number of hydrogen-bond acceptors (Lipinski definition) is 3. The fraction of sp³-hybridized carbons (Fsp3) is 0.364. The van der Waals surface area contributed by atoms with E-state index in [4.69, 9.17) is 10.8 Å². The summed E-state index contributed by atoms with van der Waals surface area (Å²) in [6.07, 6.45) is 3.72. The van der Waals surface area contributed by atoms with Gasteiger partial charge in [0, 0.05) is 36.9 Å². The number of aliphatic carboxylic acids is 1. The van der Waals surface area contributed by atoms with E-state index in [1.165, 1.54) is 11.1 Å². The zero-order chi connectivity index (χ0) is 19.7. The Morgan fingerprint density at radius 3 is 2.46 bits per heavy atom. The number of carbonyl (C=O) groups excluding carboxylic acids is 1. The fourth-order valence-corrected chi connectivity index (χ4v) is 4.12. The molecule has 0 radical (unpaired) electrons. The van der Waals surface area contributed by atoms with E-state index in [2.05, 4.69) is 12.1 Å². The van der Waals surface area contributed by atoms with Crippen LogP contribution >= 0.6 is 0 Å². The van der Waals surface area contributed by atoms with Gasteiger partial charge in [-0.1, -0.05) is 18.2 Å². The minimum atomic E-state index is -0.805. The molecule has 1 atom stereocenters. The monoisotopic (exact) mass is 379 g/mol. The number of amides is 2. The van der Waals surface area contributed by atoms with Crippen molar-refractivity contribution in [1.29, 1.82) is 0 Å². The fourth-order valence-electron chi connectivity index (χ4n) is 4.12. The van der Waals surface area contributed by atoms with Gasteiger partial charge in [-0.25, -0.2) is 4.79 Å². The Bertz CT molecular complexity index is 894. The normalized spacial score (nSPS) is 19.0. The van der Waals surface area contributed by atoms with E-state index in [9.17, 15) is 9.59 Å². The molecule has 1 aliphatic heterocycles. The molecule has 4 rings (SSSR count). The highest BCUT2D eigenvalue weighted by atomic mass is 16.4. The largest absolute Gasteiger partial charge is 0.481 e. The van der Waals surface area contributed by atoms with Gasteiger partial charge in [0.15, 0.2) is 0 Å². The van der Waals surface area contributed by atoms with E-state index in [1.807, 2.05) is 35.2 Å². The zero-order valence-electron chi connectivity index (χ0n) is 15.8. The first-order chi connectivity index (χ1) is 13.5. The molecule has 6 nitrogen and oxygen atoms in total. The summed E-state index contributed by atoms with van der Waals surface area (Å²) in [4.78, 5) is 27.3. The summed E-state index contributed by atoms with van der Waals surface area (Å²) in [5.74, 6) is -0.805. The van der Waals surface area contributed by atoms with Gasteiger partial charge in [0.05, 0.1) is 0 Å². The van der Waals surface area contributed by atoms with Gasteiger partial charge in [0.25, 0.3) is 0 Å². The van der Waals surface area contributed by atoms with Crippen LogP contribution in [-0.2, 0) is 17.6 Å². The van der Waals surface area contributed by atoms with Crippen LogP contribution in [-0.4, -0.2) is 30.2 Å². The Morgan fingerprint density at radius 1 is 1.07 bits per heavy atom. The second kappa shape index (κ2) is 7.64. The number of nitrogens with two attached hydrogens (primary N) is 1. The summed E-state index contributed by atoms with van der Waals surface area (Å²) in [5, 5.41) is 8.80. The van der Waals surface area contributed by atoms with Crippen LogP contribution in [0.15, 0.2) is 42.5 Å². The number of rotatable bonds is 5. The summed E-state index contributed by atoms with van der Waals surface area (Å²) in [5.41, 5.74) is 11.4. The van der Waals surface area contributed by atoms with Crippen LogP contribution in [0.4, 0.5) is 16.2 Å². The number of carboxylic acids is 1. The number of hydrogen-bond donors (Lipinski definition) is 2. The van der Waals surface area contributed by atoms with Crippen molar-refractivity contribution in [2.24, 2.45) is 5.73 Å². The van der Waals surface area contributed by atoms with Gasteiger partial charge in [-0.05, 0) is 66.6 Å². The SMILES string of the molecule is NC1CCCc2cc(N3CCN(c4ccc(CCC(=O)O)cc4)C3=O)ccc21. The van der Waals surface area contributed by atoms with Gasteiger partial charge in [-0.15, -0.1) is 0 Å². The number of benzene rings is 2. The van der Waals surface area contributed by atoms with Crippen LogP contribution in [0.2, 0.25) is 0 Å². The molecule has 1 heterocycles. The predicted molar refractivity (Wildman–Crippen MR) is 109 cm³/mol. The molecule has 1 unspecified atom stereocenters. The van der Waals surface area contributed by atoms with E-state index in [-0.39, 0.29) is 18.5 Å². The molecular formula is C22H25N3O3. The van der Waals surface area contributed by atoms with Crippen LogP contribution in [0.5, 0.6) is 0 Å². The molecule has 2 amide bonds. The van der Waals surface area contributed by atoms with Gasteiger partial charge in [-0.2, -0.15) is 0 Å². The van der Waals surface area contributed by atoms with Crippen LogP contribution in [0.1, 0.15) is 42.0 Å². The van der Waals surface area contributed by atoms with E-state index in [1.54, 1.807) is 4.90 Å². The lowest BCUT2D eigenvalue weighted by atomic mass is 9.88. The topological polar surface area (TPSA) is 86.9 Å². The third kappa shape index (κ3) is 3.60. The minimum Gasteiger partial charge on any atom is -0.481 e. The molecular weight excluding hydrogens is 354 g/mol. The average molecular weight is 379 g/mol. The Hall–Kier alpha value is -2.86. The number of urea groups is 1. The maximum Gasteiger partial charge on any atom is 0.329 e. The van der Waals surface area contributed by atoms with Gasteiger partial charge in [-0.3, -0.25) is 14.6 Å². The highest BCUT2D eigenvalue weighted by Gasteiger charge is 2.31. The number of anilines is 2. The van der Waals surface area contributed by atoms with Crippen molar-refractivity contribution in [2.75, 3.05) is 22.9 Å². The van der Waals surface area contributed by atoms with Crippen LogP contribution < -0.4 is 15.5 Å². The molecule has 1 fully saturated rings. The molecule has 146 valence electrons. The lowest BCUT2D eigenvalue weighted by Gasteiger charge is -2.25. The molecule has 28 heavy (non-hydrogen) atoms. The molecule has 0 aromatic heterocycles. The van der Waals surface area contributed by atoms with E-state index < -0.39 is 5.97 Å². The Balaban J connectivity index is 1.48. The van der Waals surface area contributed by atoms with Crippen LogP contribution in [0.25, 0.3) is 0 Å². The number of carbonyl (C=O) groups is 2. The molecule has 2 aromatic rings. The predicted octanol–water partition coefficient (Wildman–Crippen LogP) is 3.49. The van der Waals surface area contributed by atoms with Crippen molar-refractivity contribution >= 4 is 23.4 Å². The second-order valence-corrected chi connectivity index (χ2v) is 7.53. The first kappa shape index (κ1) is 18.5. The first-order valence-electron chi connectivity index (χ1n) is 9.81. The van der Waals surface area contributed by atoms with Crippen molar-refractivity contribution in [3.63, 3.8) is 0 Å². The van der Waals surface area contributed by atoms with Gasteiger partial charge < -0.3 is 10.8 Å². The van der Waals surface area contributed by atoms with Crippen molar-refractivity contribution in [3.05, 3.63) is 59.2 Å². The average Bonchev–Trinajstić information content (AvgIpc) is 3.08. The van der Waals surface area contributed by atoms with Crippen LogP contribution in [0.3, 0.4) is 0 Å². The number of nitrogens with zero attached hydrogens (tertiary/aromatic N) is 2. The molecule has 6 heteroatoms. The van der Waals surface area contributed by atoms with E-state index >= 15 is 0 Å². The molecule has 0 bridgehead atoms. The summed E-state index contributed by atoms with van der Waals surface area (Å²) < 4.78 is 0. The van der Waals surface area contributed by atoms with Gasteiger partial charge >= 0.3 is 12.0 Å². The smallest absolute Gasteiger partial charge is 0.329 e. The van der Waals surface area contributed by atoms with Gasteiger partial charge in [0.1, 0.15) is 0 Å².